The molecular formula is C14H20N2OS. The Hall–Kier alpha value is -1.00. The molecule has 0 aliphatic carbocycles. The summed E-state index contributed by atoms with van der Waals surface area (Å²) in [6.45, 7) is 2.49. The number of nitrogens with one attached hydrogen (secondary N) is 1. The molecule has 0 saturated carbocycles. The smallest absolute Gasteiger partial charge is 0.244 e. The van der Waals surface area contributed by atoms with Gasteiger partial charge in [-0.15, -0.1) is 0 Å². The molecule has 18 heavy (non-hydrogen) atoms. The van der Waals surface area contributed by atoms with Crippen LogP contribution in [0.3, 0.4) is 0 Å². The summed E-state index contributed by atoms with van der Waals surface area (Å²) in [5.41, 5.74) is 6.04. The first-order chi connectivity index (χ1) is 8.60. The molecule has 2 rings (SSSR count). The minimum Gasteiger partial charge on any atom is -0.353 e. The standard InChI is InChI=1S/C14H20N2OS/c1-14(15,11-6-3-2-4-7-11)13(17)16-10-12-8-5-9-18-12/h2-4,6-7,12H,5,8-10,15H2,1H3,(H,16,17). The van der Waals surface area contributed by atoms with E-state index in [1.807, 2.05) is 42.1 Å². The molecule has 98 valence electrons. The summed E-state index contributed by atoms with van der Waals surface area (Å²) in [6, 6.07) is 9.52. The van der Waals surface area contributed by atoms with Crippen LogP contribution in [0.5, 0.6) is 0 Å². The van der Waals surface area contributed by atoms with E-state index in [2.05, 4.69) is 5.32 Å². The largest absolute Gasteiger partial charge is 0.353 e. The van der Waals surface area contributed by atoms with Gasteiger partial charge < -0.3 is 11.1 Å². The minimum atomic E-state index is -0.954. The Morgan fingerprint density at radius 2 is 2.22 bits per heavy atom. The van der Waals surface area contributed by atoms with Crippen LogP contribution in [-0.4, -0.2) is 23.5 Å². The van der Waals surface area contributed by atoms with E-state index in [1.165, 1.54) is 18.6 Å². The van der Waals surface area contributed by atoms with Crippen LogP contribution < -0.4 is 11.1 Å². The second-order valence-electron chi connectivity index (χ2n) is 4.91. The molecular weight excluding hydrogens is 244 g/mol. The summed E-state index contributed by atoms with van der Waals surface area (Å²) in [4.78, 5) is 12.2. The molecule has 1 amide bonds. The zero-order valence-electron chi connectivity index (χ0n) is 10.7. The van der Waals surface area contributed by atoms with Crippen molar-refractivity contribution in [3.8, 4) is 0 Å². The number of benzene rings is 1. The van der Waals surface area contributed by atoms with Gasteiger partial charge in [0.2, 0.25) is 5.91 Å². The first kappa shape index (κ1) is 13.4. The quantitative estimate of drug-likeness (QED) is 0.873. The van der Waals surface area contributed by atoms with E-state index < -0.39 is 5.54 Å². The van der Waals surface area contributed by atoms with E-state index in [1.54, 1.807) is 6.92 Å². The number of hydrogen-bond acceptors (Lipinski definition) is 3. The van der Waals surface area contributed by atoms with Crippen molar-refractivity contribution in [2.45, 2.75) is 30.6 Å². The van der Waals surface area contributed by atoms with Crippen LogP contribution in [-0.2, 0) is 10.3 Å². The van der Waals surface area contributed by atoms with Gasteiger partial charge >= 0.3 is 0 Å². The first-order valence-electron chi connectivity index (χ1n) is 6.35. The van der Waals surface area contributed by atoms with Crippen molar-refractivity contribution in [3.05, 3.63) is 35.9 Å². The molecule has 0 spiro atoms. The zero-order chi connectivity index (χ0) is 13.0. The SMILES string of the molecule is CC(N)(C(=O)NCC1CCCS1)c1ccccc1. The van der Waals surface area contributed by atoms with Crippen molar-refractivity contribution in [2.24, 2.45) is 5.73 Å². The number of rotatable bonds is 4. The third-order valence-corrected chi connectivity index (χ3v) is 4.76. The number of carbonyl (C=O) groups excluding carboxylic acids is 1. The molecule has 0 aromatic heterocycles. The van der Waals surface area contributed by atoms with Gasteiger partial charge in [0.15, 0.2) is 0 Å². The number of amides is 1. The molecule has 3 N–H and O–H groups in total. The van der Waals surface area contributed by atoms with Gasteiger partial charge in [0.1, 0.15) is 5.54 Å². The van der Waals surface area contributed by atoms with Gasteiger partial charge in [-0.2, -0.15) is 11.8 Å². The maximum atomic E-state index is 12.2. The molecule has 0 radical (unpaired) electrons. The summed E-state index contributed by atoms with van der Waals surface area (Å²) in [7, 11) is 0. The predicted molar refractivity (Wildman–Crippen MR) is 76.5 cm³/mol. The van der Waals surface area contributed by atoms with E-state index in [-0.39, 0.29) is 5.91 Å². The Morgan fingerprint density at radius 1 is 1.50 bits per heavy atom. The number of hydrogen-bond donors (Lipinski definition) is 2. The molecule has 1 aliphatic rings. The van der Waals surface area contributed by atoms with Crippen LogP contribution in [0.1, 0.15) is 25.3 Å². The van der Waals surface area contributed by atoms with Crippen LogP contribution >= 0.6 is 11.8 Å². The van der Waals surface area contributed by atoms with Gasteiger partial charge in [-0.1, -0.05) is 30.3 Å². The molecule has 2 atom stereocenters. The van der Waals surface area contributed by atoms with Gasteiger partial charge in [-0.05, 0) is 31.1 Å². The second kappa shape index (κ2) is 5.76. The van der Waals surface area contributed by atoms with Crippen molar-refractivity contribution < 1.29 is 4.79 Å². The highest BCUT2D eigenvalue weighted by molar-refractivity contribution is 8.00. The first-order valence-corrected chi connectivity index (χ1v) is 7.40. The van der Waals surface area contributed by atoms with Crippen molar-refractivity contribution >= 4 is 17.7 Å². The van der Waals surface area contributed by atoms with Crippen LogP contribution in [0.25, 0.3) is 0 Å². The minimum absolute atomic E-state index is 0.0961. The zero-order valence-corrected chi connectivity index (χ0v) is 11.5. The van der Waals surface area contributed by atoms with Crippen LogP contribution in [0.4, 0.5) is 0 Å². The third kappa shape index (κ3) is 3.06. The lowest BCUT2D eigenvalue weighted by Crippen LogP contribution is -2.50. The Labute approximate surface area is 113 Å². The topological polar surface area (TPSA) is 55.1 Å². The number of thioether (sulfide) groups is 1. The Bertz CT molecular complexity index is 400. The summed E-state index contributed by atoms with van der Waals surface area (Å²) in [5.74, 6) is 1.11. The van der Waals surface area contributed by atoms with Gasteiger partial charge in [0.05, 0.1) is 0 Å². The summed E-state index contributed by atoms with van der Waals surface area (Å²) in [6.07, 6.45) is 2.45. The van der Waals surface area contributed by atoms with Crippen molar-refractivity contribution in [1.82, 2.24) is 5.32 Å². The van der Waals surface area contributed by atoms with E-state index in [4.69, 9.17) is 5.73 Å². The average molecular weight is 264 g/mol. The fraction of sp³-hybridized carbons (Fsp3) is 0.500. The van der Waals surface area contributed by atoms with Crippen molar-refractivity contribution in [1.29, 1.82) is 0 Å². The van der Waals surface area contributed by atoms with E-state index in [0.717, 1.165) is 12.1 Å². The van der Waals surface area contributed by atoms with E-state index in [0.29, 0.717) is 5.25 Å². The van der Waals surface area contributed by atoms with Gasteiger partial charge in [0, 0.05) is 11.8 Å². The van der Waals surface area contributed by atoms with Crippen molar-refractivity contribution in [3.63, 3.8) is 0 Å². The lowest BCUT2D eigenvalue weighted by atomic mass is 9.92. The number of nitrogens with two attached hydrogens (primary N) is 1. The number of carbonyl (C=O) groups is 1. The normalized spacial score (nSPS) is 22.4. The monoisotopic (exact) mass is 264 g/mol. The molecule has 0 bridgehead atoms. The Balaban J connectivity index is 1.94. The Kier molecular flexibility index (Phi) is 4.30. The summed E-state index contributed by atoms with van der Waals surface area (Å²) >= 11 is 1.94. The fourth-order valence-corrected chi connectivity index (χ4v) is 3.31. The molecule has 1 aliphatic heterocycles. The molecule has 2 unspecified atom stereocenters. The van der Waals surface area contributed by atoms with Gasteiger partial charge in [0.25, 0.3) is 0 Å². The second-order valence-corrected chi connectivity index (χ2v) is 6.32. The van der Waals surface area contributed by atoms with Crippen LogP contribution in [0, 0.1) is 0 Å². The van der Waals surface area contributed by atoms with E-state index >= 15 is 0 Å². The molecule has 1 saturated heterocycles. The van der Waals surface area contributed by atoms with Crippen molar-refractivity contribution in [2.75, 3.05) is 12.3 Å². The molecule has 4 heteroatoms. The van der Waals surface area contributed by atoms with Crippen LogP contribution in [0.15, 0.2) is 30.3 Å². The molecule has 1 aromatic rings. The third-order valence-electron chi connectivity index (χ3n) is 3.36. The maximum Gasteiger partial charge on any atom is 0.244 e. The highest BCUT2D eigenvalue weighted by atomic mass is 32.2. The molecule has 3 nitrogen and oxygen atoms in total. The van der Waals surface area contributed by atoms with Gasteiger partial charge in [-0.3, -0.25) is 4.79 Å². The van der Waals surface area contributed by atoms with E-state index in [9.17, 15) is 4.79 Å². The summed E-state index contributed by atoms with van der Waals surface area (Å²) in [5, 5.41) is 3.53. The Morgan fingerprint density at radius 3 is 2.83 bits per heavy atom. The highest BCUT2D eigenvalue weighted by Crippen LogP contribution is 2.25. The highest BCUT2D eigenvalue weighted by Gasteiger charge is 2.30. The van der Waals surface area contributed by atoms with Crippen LogP contribution in [0.2, 0.25) is 0 Å². The van der Waals surface area contributed by atoms with Gasteiger partial charge in [-0.25, -0.2) is 0 Å². The maximum absolute atomic E-state index is 12.2. The lowest BCUT2D eigenvalue weighted by Gasteiger charge is -2.24. The molecule has 1 heterocycles. The summed E-state index contributed by atoms with van der Waals surface area (Å²) < 4.78 is 0. The molecule has 1 aromatic carbocycles. The lowest BCUT2D eigenvalue weighted by molar-refractivity contribution is -0.126. The molecule has 1 fully saturated rings. The average Bonchev–Trinajstić information content (AvgIpc) is 2.90. The fourth-order valence-electron chi connectivity index (χ4n) is 2.11. The predicted octanol–water partition coefficient (Wildman–Crippen LogP) is 1.87.